The van der Waals surface area contributed by atoms with Gasteiger partial charge in [-0.05, 0) is 43.9 Å². The van der Waals surface area contributed by atoms with Crippen LogP contribution in [0.25, 0.3) is 0 Å². The van der Waals surface area contributed by atoms with Crippen molar-refractivity contribution in [1.82, 2.24) is 5.32 Å². The smallest absolute Gasteiger partial charge is 0.337 e. The SMILES string of the molecule is COC(=O)[C@@H]1C(=O)C2=C(C[C@@H]1C)NC(C)=C(C(=O)OCc1ccccc1)[C@@H]2c1ccc(C)o1. The lowest BCUT2D eigenvalue weighted by molar-refractivity contribution is -0.151. The molecule has 7 heteroatoms. The molecule has 1 aliphatic heterocycles. The summed E-state index contributed by atoms with van der Waals surface area (Å²) in [5, 5.41) is 3.24. The van der Waals surface area contributed by atoms with Gasteiger partial charge in [-0.2, -0.15) is 0 Å². The third-order valence-electron chi connectivity index (χ3n) is 6.22. The molecule has 3 atom stereocenters. The van der Waals surface area contributed by atoms with Crippen molar-refractivity contribution < 1.29 is 28.3 Å². The third kappa shape index (κ3) is 4.23. The highest BCUT2D eigenvalue weighted by atomic mass is 16.5. The van der Waals surface area contributed by atoms with E-state index in [0.29, 0.717) is 40.5 Å². The van der Waals surface area contributed by atoms with Crippen molar-refractivity contribution in [1.29, 1.82) is 0 Å². The van der Waals surface area contributed by atoms with Crippen LogP contribution in [0.4, 0.5) is 0 Å². The highest BCUT2D eigenvalue weighted by Gasteiger charge is 2.48. The standard InChI is InChI=1S/C26H27NO6/c1-14-12-18-22(24(28)20(14)25(29)31-4)23(19-11-10-15(2)33-19)21(16(3)27-18)26(30)32-13-17-8-6-5-7-9-17/h5-11,14,20,23,27H,12-13H2,1-4H3/t14-,20-,23-/m0/s1. The van der Waals surface area contributed by atoms with E-state index in [9.17, 15) is 14.4 Å². The Hall–Kier alpha value is -3.61. The maximum atomic E-state index is 13.6. The summed E-state index contributed by atoms with van der Waals surface area (Å²) >= 11 is 0. The number of benzene rings is 1. The van der Waals surface area contributed by atoms with Crippen LogP contribution >= 0.6 is 0 Å². The van der Waals surface area contributed by atoms with E-state index in [1.54, 1.807) is 26.0 Å². The molecule has 0 bridgehead atoms. The first-order valence-corrected chi connectivity index (χ1v) is 10.9. The molecule has 0 unspecified atom stereocenters. The molecule has 1 aliphatic carbocycles. The Morgan fingerprint density at radius 2 is 1.85 bits per heavy atom. The molecule has 2 heterocycles. The largest absolute Gasteiger partial charge is 0.468 e. The predicted octanol–water partition coefficient (Wildman–Crippen LogP) is 3.94. The Kier molecular flexibility index (Phi) is 6.22. The van der Waals surface area contributed by atoms with Gasteiger partial charge < -0.3 is 19.2 Å². The van der Waals surface area contributed by atoms with Crippen molar-refractivity contribution >= 4 is 17.7 Å². The summed E-state index contributed by atoms with van der Waals surface area (Å²) in [4.78, 5) is 39.3. The molecule has 172 valence electrons. The molecule has 1 N–H and O–H groups in total. The second-order valence-electron chi connectivity index (χ2n) is 8.55. The second-order valence-corrected chi connectivity index (χ2v) is 8.55. The van der Waals surface area contributed by atoms with Gasteiger partial charge in [0.05, 0.1) is 18.6 Å². The number of Topliss-reactive ketones (excluding diaryl/α,β-unsaturated/α-hetero) is 1. The topological polar surface area (TPSA) is 94.8 Å². The zero-order chi connectivity index (χ0) is 23.7. The van der Waals surface area contributed by atoms with Crippen LogP contribution in [-0.2, 0) is 30.5 Å². The number of esters is 2. The van der Waals surface area contributed by atoms with Gasteiger partial charge >= 0.3 is 11.9 Å². The molecule has 1 aromatic carbocycles. The molecule has 4 rings (SSSR count). The molecule has 7 nitrogen and oxygen atoms in total. The highest BCUT2D eigenvalue weighted by Crippen LogP contribution is 2.45. The zero-order valence-corrected chi connectivity index (χ0v) is 19.1. The number of ether oxygens (including phenoxy) is 2. The van der Waals surface area contributed by atoms with E-state index in [-0.39, 0.29) is 18.3 Å². The van der Waals surface area contributed by atoms with Crippen molar-refractivity contribution in [3.05, 3.63) is 82.1 Å². The van der Waals surface area contributed by atoms with Crippen molar-refractivity contribution in [2.75, 3.05) is 7.11 Å². The van der Waals surface area contributed by atoms with Gasteiger partial charge in [0.2, 0.25) is 0 Å². The number of nitrogens with one attached hydrogen (secondary N) is 1. The van der Waals surface area contributed by atoms with Gasteiger partial charge in [0, 0.05) is 17.0 Å². The number of aryl methyl sites for hydroxylation is 1. The summed E-state index contributed by atoms with van der Waals surface area (Å²) in [5.41, 5.74) is 2.80. The zero-order valence-electron chi connectivity index (χ0n) is 19.1. The van der Waals surface area contributed by atoms with Crippen LogP contribution in [0.2, 0.25) is 0 Å². The van der Waals surface area contributed by atoms with Crippen LogP contribution in [0, 0.1) is 18.8 Å². The minimum absolute atomic E-state index is 0.0992. The molecule has 1 aromatic heterocycles. The maximum absolute atomic E-state index is 13.6. The van der Waals surface area contributed by atoms with E-state index in [0.717, 1.165) is 5.56 Å². The minimum Gasteiger partial charge on any atom is -0.468 e. The van der Waals surface area contributed by atoms with Gasteiger partial charge in [0.25, 0.3) is 0 Å². The minimum atomic E-state index is -0.936. The highest BCUT2D eigenvalue weighted by molar-refractivity contribution is 6.12. The fourth-order valence-corrected chi connectivity index (χ4v) is 4.65. The Labute approximate surface area is 192 Å². The number of allylic oxidation sites excluding steroid dienone is 3. The van der Waals surface area contributed by atoms with Crippen molar-refractivity contribution in [3.63, 3.8) is 0 Å². The quantitative estimate of drug-likeness (QED) is 0.546. The van der Waals surface area contributed by atoms with Gasteiger partial charge in [-0.15, -0.1) is 0 Å². The Morgan fingerprint density at radius 1 is 1.12 bits per heavy atom. The summed E-state index contributed by atoms with van der Waals surface area (Å²) < 4.78 is 16.4. The molecule has 0 fully saturated rings. The van der Waals surface area contributed by atoms with Crippen LogP contribution in [0.1, 0.15) is 43.3 Å². The van der Waals surface area contributed by atoms with E-state index in [2.05, 4.69) is 5.32 Å². The number of rotatable bonds is 5. The van der Waals surface area contributed by atoms with E-state index < -0.39 is 23.8 Å². The molecule has 0 saturated carbocycles. The van der Waals surface area contributed by atoms with E-state index in [1.807, 2.05) is 37.3 Å². The summed E-state index contributed by atoms with van der Waals surface area (Å²) in [5.74, 6) is -2.32. The summed E-state index contributed by atoms with van der Waals surface area (Å²) in [6.07, 6.45) is 0.473. The third-order valence-corrected chi connectivity index (χ3v) is 6.22. The van der Waals surface area contributed by atoms with Crippen molar-refractivity contribution in [2.45, 2.75) is 39.7 Å². The number of methoxy groups -OCH3 is 1. The Balaban J connectivity index is 1.74. The number of hydrogen-bond acceptors (Lipinski definition) is 7. The monoisotopic (exact) mass is 449 g/mol. The molecule has 0 spiro atoms. The molecule has 33 heavy (non-hydrogen) atoms. The van der Waals surface area contributed by atoms with Gasteiger partial charge in [-0.3, -0.25) is 9.59 Å². The van der Waals surface area contributed by atoms with Crippen LogP contribution in [-0.4, -0.2) is 24.8 Å². The molecule has 0 amide bonds. The summed E-state index contributed by atoms with van der Waals surface area (Å²) in [6.45, 7) is 5.53. The van der Waals surface area contributed by atoms with Gasteiger partial charge in [0.15, 0.2) is 5.78 Å². The molecule has 0 radical (unpaired) electrons. The molecule has 2 aliphatic rings. The number of carbonyl (C=O) groups is 3. The van der Waals surface area contributed by atoms with E-state index in [4.69, 9.17) is 13.9 Å². The maximum Gasteiger partial charge on any atom is 0.337 e. The number of dihydropyridines is 1. The normalized spacial score (nSPS) is 22.5. The average molecular weight is 450 g/mol. The number of hydrogen-bond donors (Lipinski definition) is 1. The van der Waals surface area contributed by atoms with E-state index >= 15 is 0 Å². The second kappa shape index (κ2) is 9.10. The lowest BCUT2D eigenvalue weighted by Gasteiger charge is -2.37. The number of carbonyl (C=O) groups excluding carboxylic acids is 3. The fourth-order valence-electron chi connectivity index (χ4n) is 4.65. The first-order chi connectivity index (χ1) is 15.8. The van der Waals surface area contributed by atoms with Crippen LogP contribution in [0.3, 0.4) is 0 Å². The summed E-state index contributed by atoms with van der Waals surface area (Å²) in [7, 11) is 1.27. The predicted molar refractivity (Wildman–Crippen MR) is 120 cm³/mol. The molecular formula is C26H27NO6. The van der Waals surface area contributed by atoms with Gasteiger partial charge in [-0.25, -0.2) is 4.79 Å². The van der Waals surface area contributed by atoms with Crippen LogP contribution in [0.15, 0.2) is 69.4 Å². The fraction of sp³-hybridized carbons (Fsp3) is 0.346. The Morgan fingerprint density at radius 3 is 2.48 bits per heavy atom. The van der Waals surface area contributed by atoms with Gasteiger partial charge in [-0.1, -0.05) is 37.3 Å². The average Bonchev–Trinajstić information content (AvgIpc) is 3.23. The number of ketones is 1. The van der Waals surface area contributed by atoms with Gasteiger partial charge in [0.1, 0.15) is 24.0 Å². The van der Waals surface area contributed by atoms with Crippen molar-refractivity contribution in [3.8, 4) is 0 Å². The van der Waals surface area contributed by atoms with E-state index in [1.165, 1.54) is 7.11 Å². The molecule has 2 aromatic rings. The molecular weight excluding hydrogens is 422 g/mol. The van der Waals surface area contributed by atoms with Crippen LogP contribution in [0.5, 0.6) is 0 Å². The Bertz CT molecular complexity index is 1160. The first kappa shape index (κ1) is 22.6. The van der Waals surface area contributed by atoms with Crippen molar-refractivity contribution in [2.24, 2.45) is 11.8 Å². The van der Waals surface area contributed by atoms with Crippen LogP contribution < -0.4 is 5.32 Å². The lowest BCUT2D eigenvalue weighted by Crippen LogP contribution is -2.43. The number of furan rings is 1. The first-order valence-electron chi connectivity index (χ1n) is 10.9. The summed E-state index contributed by atoms with van der Waals surface area (Å²) in [6, 6.07) is 12.9. The molecule has 0 saturated heterocycles. The lowest BCUT2D eigenvalue weighted by atomic mass is 9.70.